The van der Waals surface area contributed by atoms with Crippen molar-refractivity contribution >= 4 is 11.3 Å². The molecule has 1 aromatic rings. The molecular weight excluding hydrogens is 196 g/mol. The predicted octanol–water partition coefficient (Wildman–Crippen LogP) is 2.52. The lowest BCUT2D eigenvalue weighted by Gasteiger charge is -2.30. The summed E-state index contributed by atoms with van der Waals surface area (Å²) in [6.07, 6.45) is 2.29. The summed E-state index contributed by atoms with van der Waals surface area (Å²) in [6, 6.07) is 2.12. The SMILES string of the molecule is Cc1ccsc1C1OCCCC1CO. The summed E-state index contributed by atoms with van der Waals surface area (Å²) in [5.41, 5.74) is 1.29. The van der Waals surface area contributed by atoms with Crippen LogP contribution < -0.4 is 0 Å². The molecule has 1 saturated heterocycles. The minimum Gasteiger partial charge on any atom is -0.396 e. The summed E-state index contributed by atoms with van der Waals surface area (Å²) in [5, 5.41) is 11.4. The van der Waals surface area contributed by atoms with Gasteiger partial charge in [-0.2, -0.15) is 0 Å². The van der Waals surface area contributed by atoms with Crippen molar-refractivity contribution in [3.05, 3.63) is 21.9 Å². The van der Waals surface area contributed by atoms with E-state index in [2.05, 4.69) is 18.4 Å². The Labute approximate surface area is 88.5 Å². The predicted molar refractivity (Wildman–Crippen MR) is 57.6 cm³/mol. The van der Waals surface area contributed by atoms with Gasteiger partial charge in [-0.25, -0.2) is 0 Å². The molecule has 0 radical (unpaired) electrons. The lowest BCUT2D eigenvalue weighted by molar-refractivity contribution is -0.0440. The molecule has 78 valence electrons. The molecule has 0 amide bonds. The summed E-state index contributed by atoms with van der Waals surface area (Å²) >= 11 is 1.74. The van der Waals surface area contributed by atoms with E-state index in [1.165, 1.54) is 10.4 Å². The Morgan fingerprint density at radius 3 is 3.14 bits per heavy atom. The monoisotopic (exact) mass is 212 g/mol. The van der Waals surface area contributed by atoms with Gasteiger partial charge in [0.05, 0.1) is 6.10 Å². The number of aliphatic hydroxyl groups excluding tert-OH is 1. The van der Waals surface area contributed by atoms with Crippen LogP contribution in [0, 0.1) is 12.8 Å². The van der Waals surface area contributed by atoms with Gasteiger partial charge in [-0.05, 0) is 36.8 Å². The first-order valence-corrected chi connectivity index (χ1v) is 5.97. The largest absolute Gasteiger partial charge is 0.396 e. The van der Waals surface area contributed by atoms with Crippen molar-refractivity contribution < 1.29 is 9.84 Å². The van der Waals surface area contributed by atoms with Gasteiger partial charge in [0.15, 0.2) is 0 Å². The Kier molecular flexibility index (Phi) is 3.21. The molecule has 2 nitrogen and oxygen atoms in total. The zero-order valence-electron chi connectivity index (χ0n) is 8.40. The van der Waals surface area contributed by atoms with Gasteiger partial charge >= 0.3 is 0 Å². The summed E-state index contributed by atoms with van der Waals surface area (Å²) in [7, 11) is 0. The van der Waals surface area contributed by atoms with E-state index in [-0.39, 0.29) is 12.7 Å². The maximum absolute atomic E-state index is 9.28. The third-order valence-electron chi connectivity index (χ3n) is 2.84. The van der Waals surface area contributed by atoms with E-state index >= 15 is 0 Å². The van der Waals surface area contributed by atoms with Crippen LogP contribution in [-0.2, 0) is 4.74 Å². The molecule has 1 aromatic heterocycles. The second-order valence-electron chi connectivity index (χ2n) is 3.84. The Bertz CT molecular complexity index is 295. The van der Waals surface area contributed by atoms with Crippen molar-refractivity contribution in [2.45, 2.75) is 25.9 Å². The smallest absolute Gasteiger partial charge is 0.0969 e. The van der Waals surface area contributed by atoms with Crippen molar-refractivity contribution in [3.63, 3.8) is 0 Å². The van der Waals surface area contributed by atoms with Crippen molar-refractivity contribution in [3.8, 4) is 0 Å². The number of aliphatic hydroxyl groups is 1. The highest BCUT2D eigenvalue weighted by molar-refractivity contribution is 7.10. The molecule has 1 N–H and O–H groups in total. The highest BCUT2D eigenvalue weighted by Crippen LogP contribution is 2.37. The van der Waals surface area contributed by atoms with Crippen LogP contribution in [0.2, 0.25) is 0 Å². The molecule has 2 atom stereocenters. The van der Waals surface area contributed by atoms with Crippen LogP contribution in [0.4, 0.5) is 0 Å². The molecular formula is C11H16O2S. The van der Waals surface area contributed by atoms with Gasteiger partial charge in [-0.15, -0.1) is 11.3 Å². The lowest BCUT2D eigenvalue weighted by Crippen LogP contribution is -2.25. The van der Waals surface area contributed by atoms with Gasteiger partial charge in [-0.1, -0.05) is 0 Å². The third kappa shape index (κ3) is 1.85. The molecule has 2 unspecified atom stereocenters. The number of aryl methyl sites for hydroxylation is 1. The number of hydrogen-bond acceptors (Lipinski definition) is 3. The van der Waals surface area contributed by atoms with Crippen molar-refractivity contribution in [1.82, 2.24) is 0 Å². The molecule has 14 heavy (non-hydrogen) atoms. The van der Waals surface area contributed by atoms with E-state index in [9.17, 15) is 5.11 Å². The summed E-state index contributed by atoms with van der Waals surface area (Å²) in [6.45, 7) is 3.18. The van der Waals surface area contributed by atoms with Gasteiger partial charge < -0.3 is 9.84 Å². The number of rotatable bonds is 2. The third-order valence-corrected chi connectivity index (χ3v) is 3.92. The zero-order valence-corrected chi connectivity index (χ0v) is 9.22. The van der Waals surface area contributed by atoms with E-state index in [0.717, 1.165) is 19.4 Å². The van der Waals surface area contributed by atoms with Crippen LogP contribution in [0.15, 0.2) is 11.4 Å². The van der Waals surface area contributed by atoms with Crippen LogP contribution in [-0.4, -0.2) is 18.3 Å². The second-order valence-corrected chi connectivity index (χ2v) is 4.79. The van der Waals surface area contributed by atoms with Gasteiger partial charge in [0, 0.05) is 24.0 Å². The summed E-state index contributed by atoms with van der Waals surface area (Å²) in [5.74, 6) is 0.293. The minimum absolute atomic E-state index is 0.133. The molecule has 1 aliphatic heterocycles. The maximum atomic E-state index is 9.28. The standard InChI is InChI=1S/C11H16O2S/c1-8-4-6-14-11(8)10-9(7-12)3-2-5-13-10/h4,6,9-10,12H,2-3,5,7H2,1H3. The normalized spacial score (nSPS) is 27.9. The first kappa shape index (κ1) is 10.1. The van der Waals surface area contributed by atoms with Crippen molar-refractivity contribution in [2.75, 3.05) is 13.2 Å². The fourth-order valence-electron chi connectivity index (χ4n) is 2.00. The van der Waals surface area contributed by atoms with Gasteiger partial charge in [0.2, 0.25) is 0 Å². The van der Waals surface area contributed by atoms with Crippen molar-refractivity contribution in [2.24, 2.45) is 5.92 Å². The average molecular weight is 212 g/mol. The molecule has 3 heteroatoms. The zero-order chi connectivity index (χ0) is 9.97. The summed E-state index contributed by atoms with van der Waals surface area (Å²) in [4.78, 5) is 1.30. The lowest BCUT2D eigenvalue weighted by atomic mass is 9.93. The van der Waals surface area contributed by atoms with E-state index in [0.29, 0.717) is 5.92 Å². The van der Waals surface area contributed by atoms with Crippen molar-refractivity contribution in [1.29, 1.82) is 0 Å². The number of hydrogen-bond donors (Lipinski definition) is 1. The van der Waals surface area contributed by atoms with Crippen LogP contribution in [0.5, 0.6) is 0 Å². The van der Waals surface area contributed by atoms with Crippen LogP contribution in [0.25, 0.3) is 0 Å². The minimum atomic E-state index is 0.133. The molecule has 0 spiro atoms. The maximum Gasteiger partial charge on any atom is 0.0969 e. The van der Waals surface area contributed by atoms with Gasteiger partial charge in [0.25, 0.3) is 0 Å². The Morgan fingerprint density at radius 2 is 2.50 bits per heavy atom. The Morgan fingerprint density at radius 1 is 1.64 bits per heavy atom. The van der Waals surface area contributed by atoms with Crippen LogP contribution in [0.3, 0.4) is 0 Å². The quantitative estimate of drug-likeness (QED) is 0.816. The van der Waals surface area contributed by atoms with E-state index in [1.54, 1.807) is 11.3 Å². The fraction of sp³-hybridized carbons (Fsp3) is 0.636. The second kappa shape index (κ2) is 4.43. The molecule has 0 aromatic carbocycles. The van der Waals surface area contributed by atoms with Crippen LogP contribution in [0.1, 0.15) is 29.4 Å². The molecule has 0 aliphatic carbocycles. The highest BCUT2D eigenvalue weighted by atomic mass is 32.1. The first-order chi connectivity index (χ1) is 6.83. The molecule has 0 bridgehead atoms. The van der Waals surface area contributed by atoms with E-state index in [4.69, 9.17) is 4.74 Å². The Hall–Kier alpha value is -0.380. The van der Waals surface area contributed by atoms with Crippen LogP contribution >= 0.6 is 11.3 Å². The summed E-state index contributed by atoms with van der Waals surface area (Å²) < 4.78 is 5.76. The molecule has 2 heterocycles. The molecule has 0 saturated carbocycles. The highest BCUT2D eigenvalue weighted by Gasteiger charge is 2.28. The Balaban J connectivity index is 2.19. The molecule has 1 fully saturated rings. The first-order valence-electron chi connectivity index (χ1n) is 5.09. The van der Waals surface area contributed by atoms with Gasteiger partial charge in [0.1, 0.15) is 0 Å². The molecule has 1 aliphatic rings. The molecule has 2 rings (SSSR count). The average Bonchev–Trinajstić information content (AvgIpc) is 2.64. The van der Waals surface area contributed by atoms with Gasteiger partial charge in [-0.3, -0.25) is 0 Å². The number of ether oxygens (including phenoxy) is 1. The number of thiophene rings is 1. The van der Waals surface area contributed by atoms with E-state index in [1.807, 2.05) is 0 Å². The topological polar surface area (TPSA) is 29.5 Å². The van der Waals surface area contributed by atoms with E-state index < -0.39 is 0 Å². The fourth-order valence-corrected chi connectivity index (χ4v) is 3.06.